The molecule has 3 nitrogen and oxygen atoms in total. The Bertz CT molecular complexity index is 737. The topological polar surface area (TPSA) is 46.3 Å². The van der Waals surface area contributed by atoms with E-state index in [9.17, 15) is 4.79 Å². The summed E-state index contributed by atoms with van der Waals surface area (Å²) in [5.74, 6) is 0.667. The smallest absolute Gasteiger partial charge is 0.263 e. The minimum absolute atomic E-state index is 0. The van der Waals surface area contributed by atoms with Crippen molar-refractivity contribution in [2.75, 3.05) is 13.1 Å². The number of likely N-dealkylation sites (tertiary alicyclic amines) is 1. The second-order valence-corrected chi connectivity index (χ2v) is 8.11. The Morgan fingerprint density at radius 3 is 2.60 bits per heavy atom. The second kappa shape index (κ2) is 8.54. The van der Waals surface area contributed by atoms with E-state index >= 15 is 0 Å². The summed E-state index contributed by atoms with van der Waals surface area (Å²) in [6, 6.07) is 10.00. The summed E-state index contributed by atoms with van der Waals surface area (Å²) in [7, 11) is 0. The average molecular weight is 399 g/mol. The van der Waals surface area contributed by atoms with Gasteiger partial charge in [0.05, 0.1) is 4.88 Å². The molecule has 1 aliphatic heterocycles. The summed E-state index contributed by atoms with van der Waals surface area (Å²) in [6.07, 6.45) is 1.99. The number of rotatable bonds is 3. The van der Waals surface area contributed by atoms with Crippen LogP contribution in [-0.2, 0) is 0 Å². The molecule has 1 aromatic heterocycles. The first-order valence-electron chi connectivity index (χ1n) is 8.37. The van der Waals surface area contributed by atoms with Gasteiger partial charge in [0.2, 0.25) is 0 Å². The van der Waals surface area contributed by atoms with Gasteiger partial charge in [0, 0.05) is 29.0 Å². The van der Waals surface area contributed by atoms with Crippen LogP contribution in [0.4, 0.5) is 0 Å². The van der Waals surface area contributed by atoms with Crippen molar-refractivity contribution in [3.05, 3.63) is 45.8 Å². The molecule has 2 aromatic rings. The van der Waals surface area contributed by atoms with E-state index < -0.39 is 0 Å². The van der Waals surface area contributed by atoms with Gasteiger partial charge in [-0.15, -0.1) is 23.7 Å². The first kappa shape index (κ1) is 20.2. The van der Waals surface area contributed by atoms with Crippen LogP contribution in [0.25, 0.3) is 10.4 Å². The Balaban J connectivity index is 0.00000225. The number of nitrogens with zero attached hydrogens (tertiary/aromatic N) is 1. The van der Waals surface area contributed by atoms with Gasteiger partial charge in [-0.05, 0) is 61.9 Å². The number of carbonyl (C=O) groups excluding carboxylic acids is 1. The molecule has 2 heterocycles. The summed E-state index contributed by atoms with van der Waals surface area (Å²) >= 11 is 7.65. The van der Waals surface area contributed by atoms with Crippen LogP contribution in [0.15, 0.2) is 30.3 Å². The van der Waals surface area contributed by atoms with E-state index in [2.05, 4.69) is 6.92 Å². The third kappa shape index (κ3) is 4.56. The molecule has 25 heavy (non-hydrogen) atoms. The molecule has 3 rings (SSSR count). The maximum Gasteiger partial charge on any atom is 0.263 e. The van der Waals surface area contributed by atoms with Gasteiger partial charge in [-0.2, -0.15) is 0 Å². The largest absolute Gasteiger partial charge is 0.338 e. The summed E-state index contributed by atoms with van der Waals surface area (Å²) in [4.78, 5) is 16.7. The second-order valence-electron chi connectivity index (χ2n) is 6.62. The van der Waals surface area contributed by atoms with Gasteiger partial charge in [0.1, 0.15) is 0 Å². The normalized spacial score (nSPS) is 16.4. The van der Waals surface area contributed by atoms with E-state index in [0.717, 1.165) is 46.8 Å². The SMILES string of the molecule is Cc1cc(C(=O)N2CCC(C(C)N)CC2)sc1-c1cccc(Cl)c1.Cl. The van der Waals surface area contributed by atoms with Gasteiger partial charge in [0.15, 0.2) is 0 Å². The van der Waals surface area contributed by atoms with Crippen molar-refractivity contribution in [1.29, 1.82) is 0 Å². The lowest BCUT2D eigenvalue weighted by molar-refractivity contribution is 0.0686. The van der Waals surface area contributed by atoms with Crippen molar-refractivity contribution in [3.63, 3.8) is 0 Å². The molecule has 1 fully saturated rings. The van der Waals surface area contributed by atoms with E-state index in [1.54, 1.807) is 11.3 Å². The highest BCUT2D eigenvalue weighted by Crippen LogP contribution is 2.34. The van der Waals surface area contributed by atoms with E-state index in [1.165, 1.54) is 0 Å². The first-order valence-corrected chi connectivity index (χ1v) is 9.56. The van der Waals surface area contributed by atoms with Crippen LogP contribution in [-0.4, -0.2) is 29.9 Å². The molecule has 0 bridgehead atoms. The molecule has 1 aromatic carbocycles. The van der Waals surface area contributed by atoms with Gasteiger partial charge in [0.25, 0.3) is 5.91 Å². The van der Waals surface area contributed by atoms with Crippen LogP contribution < -0.4 is 5.73 Å². The summed E-state index contributed by atoms with van der Waals surface area (Å²) in [5.41, 5.74) is 8.18. The molecular weight excluding hydrogens is 375 g/mol. The fraction of sp³-hybridized carbons (Fsp3) is 0.421. The van der Waals surface area contributed by atoms with Gasteiger partial charge < -0.3 is 10.6 Å². The zero-order chi connectivity index (χ0) is 17.3. The number of hydrogen-bond acceptors (Lipinski definition) is 3. The number of halogens is 2. The summed E-state index contributed by atoms with van der Waals surface area (Å²) in [5, 5.41) is 0.714. The van der Waals surface area contributed by atoms with Crippen LogP contribution in [0.3, 0.4) is 0 Å². The standard InChI is InChI=1S/C19H23ClN2OS.ClH/c1-12-10-17(24-18(12)15-4-3-5-16(20)11-15)19(23)22-8-6-14(7-9-22)13(2)21;/h3-5,10-11,13-14H,6-9,21H2,1-2H3;1H. The predicted octanol–water partition coefficient (Wildman–Crippen LogP) is 5.00. The number of benzene rings is 1. The number of amides is 1. The van der Waals surface area contributed by atoms with Crippen molar-refractivity contribution in [1.82, 2.24) is 4.90 Å². The van der Waals surface area contributed by atoms with Gasteiger partial charge >= 0.3 is 0 Å². The van der Waals surface area contributed by atoms with Gasteiger partial charge in [-0.3, -0.25) is 4.79 Å². The van der Waals surface area contributed by atoms with Crippen LogP contribution in [0, 0.1) is 12.8 Å². The van der Waals surface area contributed by atoms with Crippen LogP contribution in [0.5, 0.6) is 0 Å². The van der Waals surface area contributed by atoms with Crippen molar-refractivity contribution in [2.45, 2.75) is 32.7 Å². The summed E-state index contributed by atoms with van der Waals surface area (Å²) < 4.78 is 0. The lowest BCUT2D eigenvalue weighted by atomic mass is 9.91. The molecule has 1 saturated heterocycles. The minimum atomic E-state index is 0. The van der Waals surface area contributed by atoms with E-state index in [-0.39, 0.29) is 24.4 Å². The molecule has 0 radical (unpaired) electrons. The Labute approximate surface area is 164 Å². The molecule has 0 saturated carbocycles. The molecule has 1 unspecified atom stereocenters. The zero-order valence-electron chi connectivity index (χ0n) is 14.5. The maximum atomic E-state index is 12.8. The Hall–Kier alpha value is -1.07. The highest BCUT2D eigenvalue weighted by Gasteiger charge is 2.26. The molecule has 2 N–H and O–H groups in total. The van der Waals surface area contributed by atoms with Crippen molar-refractivity contribution in [3.8, 4) is 10.4 Å². The summed E-state index contributed by atoms with van der Waals surface area (Å²) in [6.45, 7) is 5.71. The quantitative estimate of drug-likeness (QED) is 0.790. The Morgan fingerprint density at radius 1 is 1.32 bits per heavy atom. The van der Waals surface area contributed by atoms with Crippen LogP contribution >= 0.6 is 35.3 Å². The molecule has 136 valence electrons. The molecule has 1 atom stereocenters. The Kier molecular flexibility index (Phi) is 6.92. The third-order valence-electron chi connectivity index (χ3n) is 4.79. The van der Waals surface area contributed by atoms with Crippen molar-refractivity contribution >= 4 is 41.3 Å². The lowest BCUT2D eigenvalue weighted by Crippen LogP contribution is -2.42. The third-order valence-corrected chi connectivity index (χ3v) is 6.30. The van der Waals surface area contributed by atoms with E-state index in [0.29, 0.717) is 10.9 Å². The molecular formula is C19H24Cl2N2OS. The van der Waals surface area contributed by atoms with Gasteiger partial charge in [-0.1, -0.05) is 23.7 Å². The number of hydrogen-bond donors (Lipinski definition) is 1. The minimum Gasteiger partial charge on any atom is -0.338 e. The number of aryl methyl sites for hydroxylation is 1. The fourth-order valence-corrected chi connectivity index (χ4v) is 4.62. The Morgan fingerprint density at radius 2 is 2.00 bits per heavy atom. The molecule has 0 aliphatic carbocycles. The van der Waals surface area contributed by atoms with Crippen LogP contribution in [0.1, 0.15) is 35.0 Å². The molecule has 1 amide bonds. The monoisotopic (exact) mass is 398 g/mol. The number of piperidine rings is 1. The highest BCUT2D eigenvalue weighted by atomic mass is 35.5. The van der Waals surface area contributed by atoms with Crippen molar-refractivity contribution in [2.24, 2.45) is 11.7 Å². The highest BCUT2D eigenvalue weighted by molar-refractivity contribution is 7.17. The van der Waals surface area contributed by atoms with Gasteiger partial charge in [-0.25, -0.2) is 0 Å². The fourth-order valence-electron chi connectivity index (χ4n) is 3.29. The lowest BCUT2D eigenvalue weighted by Gasteiger charge is -2.33. The zero-order valence-corrected chi connectivity index (χ0v) is 16.9. The maximum absolute atomic E-state index is 12.8. The number of thiophene rings is 1. The first-order chi connectivity index (χ1) is 11.5. The van der Waals surface area contributed by atoms with E-state index in [1.807, 2.05) is 42.2 Å². The molecule has 6 heteroatoms. The molecule has 0 spiro atoms. The van der Waals surface area contributed by atoms with Crippen LogP contribution in [0.2, 0.25) is 5.02 Å². The average Bonchev–Trinajstić information content (AvgIpc) is 2.96. The molecule has 1 aliphatic rings. The van der Waals surface area contributed by atoms with Crippen molar-refractivity contribution < 1.29 is 4.79 Å². The van der Waals surface area contributed by atoms with E-state index in [4.69, 9.17) is 17.3 Å². The predicted molar refractivity (Wildman–Crippen MR) is 109 cm³/mol. The number of carbonyl (C=O) groups is 1. The number of nitrogens with two attached hydrogens (primary N) is 1.